The zero-order valence-electron chi connectivity index (χ0n) is 11.0. The zero-order chi connectivity index (χ0) is 13.5. The van der Waals surface area contributed by atoms with Gasteiger partial charge in [0.1, 0.15) is 5.82 Å². The molecular weight excluding hydrogens is 244 g/mol. The molecule has 6 heteroatoms. The molecule has 1 amide bonds. The van der Waals surface area contributed by atoms with Gasteiger partial charge in [0.25, 0.3) is 0 Å². The summed E-state index contributed by atoms with van der Waals surface area (Å²) in [5, 5.41) is 2.76. The Balaban J connectivity index is 1.88. The van der Waals surface area contributed by atoms with Crippen molar-refractivity contribution >= 4 is 17.4 Å². The molecule has 0 aliphatic carbocycles. The molecular formula is C13H20N4O2. The normalized spacial score (nSPS) is 15.3. The number of ether oxygens (including phenoxy) is 1. The second-order valence-electron chi connectivity index (χ2n) is 4.44. The topological polar surface area (TPSA) is 80.5 Å². The lowest BCUT2D eigenvalue weighted by molar-refractivity contribution is -0.116. The quantitative estimate of drug-likeness (QED) is 0.814. The van der Waals surface area contributed by atoms with Crippen LogP contribution in [0, 0.1) is 0 Å². The predicted molar refractivity (Wildman–Crippen MR) is 74.2 cm³/mol. The first-order valence-electron chi connectivity index (χ1n) is 6.58. The van der Waals surface area contributed by atoms with Crippen molar-refractivity contribution in [2.24, 2.45) is 5.73 Å². The van der Waals surface area contributed by atoms with Crippen LogP contribution in [0.2, 0.25) is 0 Å². The average Bonchev–Trinajstić information content (AvgIpc) is 2.47. The Kier molecular flexibility index (Phi) is 5.11. The summed E-state index contributed by atoms with van der Waals surface area (Å²) in [7, 11) is 0. The number of hydrogen-bond acceptors (Lipinski definition) is 5. The molecule has 0 aromatic carbocycles. The second kappa shape index (κ2) is 7.06. The summed E-state index contributed by atoms with van der Waals surface area (Å²) in [6.07, 6.45) is 2.91. The Bertz CT molecular complexity index is 402. The maximum Gasteiger partial charge on any atom is 0.225 e. The van der Waals surface area contributed by atoms with Crippen LogP contribution in [0.15, 0.2) is 18.3 Å². The molecule has 0 atom stereocenters. The van der Waals surface area contributed by atoms with Crippen LogP contribution in [0.4, 0.5) is 11.5 Å². The molecule has 1 aromatic heterocycles. The molecule has 1 saturated heterocycles. The number of anilines is 2. The highest BCUT2D eigenvalue weighted by Gasteiger charge is 2.11. The number of aromatic nitrogens is 1. The van der Waals surface area contributed by atoms with E-state index >= 15 is 0 Å². The lowest BCUT2D eigenvalue weighted by Gasteiger charge is -2.28. The minimum Gasteiger partial charge on any atom is -0.378 e. The molecule has 1 aliphatic rings. The van der Waals surface area contributed by atoms with Gasteiger partial charge in [-0.25, -0.2) is 4.98 Å². The van der Waals surface area contributed by atoms with E-state index in [-0.39, 0.29) is 5.91 Å². The van der Waals surface area contributed by atoms with Crippen LogP contribution in [0.1, 0.15) is 12.8 Å². The van der Waals surface area contributed by atoms with Crippen LogP contribution in [0.25, 0.3) is 0 Å². The molecule has 1 aromatic rings. The van der Waals surface area contributed by atoms with Gasteiger partial charge in [0, 0.05) is 19.5 Å². The Morgan fingerprint density at radius 1 is 1.42 bits per heavy atom. The number of carbonyl (C=O) groups excluding carboxylic acids is 1. The first kappa shape index (κ1) is 13.8. The molecule has 0 bridgehead atoms. The van der Waals surface area contributed by atoms with Gasteiger partial charge >= 0.3 is 0 Å². The van der Waals surface area contributed by atoms with E-state index in [0.29, 0.717) is 25.2 Å². The number of amides is 1. The SMILES string of the molecule is NCCCC(=O)Nc1ccc(N2CCOCC2)cn1. The fraction of sp³-hybridized carbons (Fsp3) is 0.538. The molecule has 2 rings (SSSR count). The van der Waals surface area contributed by atoms with Gasteiger partial charge in [0.2, 0.25) is 5.91 Å². The summed E-state index contributed by atoms with van der Waals surface area (Å²) in [5.74, 6) is 0.538. The molecule has 0 spiro atoms. The smallest absolute Gasteiger partial charge is 0.225 e. The van der Waals surface area contributed by atoms with E-state index < -0.39 is 0 Å². The van der Waals surface area contributed by atoms with Crippen LogP contribution in [0.3, 0.4) is 0 Å². The summed E-state index contributed by atoms with van der Waals surface area (Å²) in [6.45, 7) is 3.78. The van der Waals surface area contributed by atoms with Crippen LogP contribution in [-0.2, 0) is 9.53 Å². The average molecular weight is 264 g/mol. The number of rotatable bonds is 5. The minimum atomic E-state index is -0.0444. The molecule has 1 fully saturated rings. The van der Waals surface area contributed by atoms with Crippen LogP contribution >= 0.6 is 0 Å². The molecule has 0 radical (unpaired) electrons. The highest BCUT2D eigenvalue weighted by molar-refractivity contribution is 5.89. The third kappa shape index (κ3) is 4.18. The summed E-state index contributed by atoms with van der Waals surface area (Å²) in [6, 6.07) is 3.79. The van der Waals surface area contributed by atoms with Crippen molar-refractivity contribution < 1.29 is 9.53 Å². The number of hydrogen-bond donors (Lipinski definition) is 2. The van der Waals surface area contributed by atoms with E-state index in [0.717, 1.165) is 32.0 Å². The van der Waals surface area contributed by atoms with Crippen molar-refractivity contribution in [1.29, 1.82) is 0 Å². The summed E-state index contributed by atoms with van der Waals surface area (Å²) >= 11 is 0. The zero-order valence-corrected chi connectivity index (χ0v) is 11.0. The van der Waals surface area contributed by atoms with Crippen LogP contribution in [0.5, 0.6) is 0 Å². The predicted octanol–water partition coefficient (Wildman–Crippen LogP) is 0.596. The number of nitrogens with zero attached hydrogens (tertiary/aromatic N) is 2. The van der Waals surface area contributed by atoms with Gasteiger partial charge in [-0.15, -0.1) is 0 Å². The van der Waals surface area contributed by atoms with Crippen LogP contribution in [-0.4, -0.2) is 43.7 Å². The Hall–Kier alpha value is -1.66. The van der Waals surface area contributed by atoms with Crippen molar-refractivity contribution in [1.82, 2.24) is 4.98 Å². The lowest BCUT2D eigenvalue weighted by Crippen LogP contribution is -2.36. The van der Waals surface area contributed by atoms with Gasteiger partial charge in [-0.05, 0) is 25.1 Å². The maximum atomic E-state index is 11.5. The summed E-state index contributed by atoms with van der Waals surface area (Å²) < 4.78 is 5.31. The highest BCUT2D eigenvalue weighted by Crippen LogP contribution is 2.16. The highest BCUT2D eigenvalue weighted by atomic mass is 16.5. The van der Waals surface area contributed by atoms with Gasteiger partial charge in [0.05, 0.1) is 25.1 Å². The van der Waals surface area contributed by atoms with Crippen molar-refractivity contribution in [2.45, 2.75) is 12.8 Å². The number of morpholine rings is 1. The third-order valence-corrected chi connectivity index (χ3v) is 3.00. The second-order valence-corrected chi connectivity index (χ2v) is 4.44. The number of carbonyl (C=O) groups is 1. The van der Waals surface area contributed by atoms with Crippen molar-refractivity contribution in [2.75, 3.05) is 43.1 Å². The minimum absolute atomic E-state index is 0.0444. The fourth-order valence-corrected chi connectivity index (χ4v) is 1.94. The first-order valence-corrected chi connectivity index (χ1v) is 6.58. The molecule has 3 N–H and O–H groups in total. The number of pyridine rings is 1. The number of nitrogens with two attached hydrogens (primary N) is 1. The molecule has 6 nitrogen and oxygen atoms in total. The van der Waals surface area contributed by atoms with E-state index in [1.54, 1.807) is 6.20 Å². The van der Waals surface area contributed by atoms with Crippen molar-refractivity contribution in [3.8, 4) is 0 Å². The molecule has 104 valence electrons. The fourth-order valence-electron chi connectivity index (χ4n) is 1.94. The van der Waals surface area contributed by atoms with Gasteiger partial charge in [-0.2, -0.15) is 0 Å². The molecule has 19 heavy (non-hydrogen) atoms. The molecule has 0 saturated carbocycles. The van der Waals surface area contributed by atoms with Crippen molar-refractivity contribution in [3.05, 3.63) is 18.3 Å². The van der Waals surface area contributed by atoms with Crippen molar-refractivity contribution in [3.63, 3.8) is 0 Å². The van der Waals surface area contributed by atoms with Gasteiger partial charge in [0.15, 0.2) is 0 Å². The molecule has 2 heterocycles. The maximum absolute atomic E-state index is 11.5. The van der Waals surface area contributed by atoms with Crippen LogP contribution < -0.4 is 16.0 Å². The van der Waals surface area contributed by atoms with E-state index in [2.05, 4.69) is 15.2 Å². The van der Waals surface area contributed by atoms with E-state index in [4.69, 9.17) is 10.5 Å². The Morgan fingerprint density at radius 3 is 2.84 bits per heavy atom. The monoisotopic (exact) mass is 264 g/mol. The van der Waals surface area contributed by atoms with Gasteiger partial charge in [-0.3, -0.25) is 4.79 Å². The van der Waals surface area contributed by atoms with Gasteiger partial charge in [-0.1, -0.05) is 0 Å². The number of nitrogens with one attached hydrogen (secondary N) is 1. The van der Waals surface area contributed by atoms with E-state index in [9.17, 15) is 4.79 Å². The summed E-state index contributed by atoms with van der Waals surface area (Å²) in [5.41, 5.74) is 6.42. The lowest BCUT2D eigenvalue weighted by atomic mass is 10.3. The Labute approximate surface area is 112 Å². The largest absolute Gasteiger partial charge is 0.378 e. The van der Waals surface area contributed by atoms with Gasteiger partial charge < -0.3 is 20.7 Å². The Morgan fingerprint density at radius 2 is 2.21 bits per heavy atom. The third-order valence-electron chi connectivity index (χ3n) is 3.00. The summed E-state index contributed by atoms with van der Waals surface area (Å²) in [4.78, 5) is 18.0. The standard InChI is InChI=1S/C13H20N4O2/c14-5-1-2-13(18)16-12-4-3-11(10-15-12)17-6-8-19-9-7-17/h3-4,10H,1-2,5-9,14H2,(H,15,16,18). The first-order chi connectivity index (χ1) is 9.29. The molecule has 1 aliphatic heterocycles. The molecule has 0 unspecified atom stereocenters. The van der Waals surface area contributed by atoms with E-state index in [1.165, 1.54) is 0 Å². The van der Waals surface area contributed by atoms with E-state index in [1.807, 2.05) is 12.1 Å².